The molecule has 0 saturated heterocycles. The molecule has 0 aliphatic carbocycles. The van der Waals surface area contributed by atoms with Gasteiger partial charge in [-0.3, -0.25) is 10.1 Å². The zero-order valence-corrected chi connectivity index (χ0v) is 12.2. The van der Waals surface area contributed by atoms with E-state index in [4.69, 9.17) is 4.74 Å². The van der Waals surface area contributed by atoms with Gasteiger partial charge in [-0.2, -0.15) is 8.78 Å². The number of rotatable bonds is 7. The predicted octanol–water partition coefficient (Wildman–Crippen LogP) is 3.82. The van der Waals surface area contributed by atoms with Crippen molar-refractivity contribution in [3.8, 4) is 11.5 Å². The topological polar surface area (TPSA) is 73.6 Å². The number of nitro groups is 1. The monoisotopic (exact) mass is 324 g/mol. The zero-order chi connectivity index (χ0) is 16.8. The van der Waals surface area contributed by atoms with Gasteiger partial charge in [0.2, 0.25) is 0 Å². The van der Waals surface area contributed by atoms with Gasteiger partial charge in [0.25, 0.3) is 5.69 Å². The second-order valence-electron chi connectivity index (χ2n) is 4.51. The van der Waals surface area contributed by atoms with Crippen LogP contribution in [0.5, 0.6) is 11.5 Å². The quantitative estimate of drug-likeness (QED) is 0.619. The highest BCUT2D eigenvalue weighted by Gasteiger charge is 2.11. The van der Waals surface area contributed by atoms with Gasteiger partial charge in [-0.05, 0) is 30.3 Å². The van der Waals surface area contributed by atoms with Gasteiger partial charge in [0.05, 0.1) is 12.0 Å². The molecule has 0 spiro atoms. The molecule has 6 nitrogen and oxygen atoms in total. The molecule has 0 aromatic heterocycles. The number of hydrogen-bond acceptors (Lipinski definition) is 5. The van der Waals surface area contributed by atoms with Gasteiger partial charge in [-0.25, -0.2) is 0 Å². The molecule has 0 bridgehead atoms. The fraction of sp³-hybridized carbons (Fsp3) is 0.200. The van der Waals surface area contributed by atoms with E-state index in [1.54, 1.807) is 12.1 Å². The number of benzene rings is 2. The Kier molecular flexibility index (Phi) is 5.29. The Bertz CT molecular complexity index is 678. The third-order valence-electron chi connectivity index (χ3n) is 3.04. The lowest BCUT2D eigenvalue weighted by Crippen LogP contribution is -2.04. The van der Waals surface area contributed by atoms with E-state index in [9.17, 15) is 18.9 Å². The highest BCUT2D eigenvalue weighted by Crippen LogP contribution is 2.25. The van der Waals surface area contributed by atoms with Crippen molar-refractivity contribution < 1.29 is 23.2 Å². The Labute approximate surface area is 130 Å². The highest BCUT2D eigenvalue weighted by atomic mass is 19.3. The van der Waals surface area contributed by atoms with E-state index in [1.807, 2.05) is 0 Å². The number of non-ortho nitro benzene ring substituents is 1. The van der Waals surface area contributed by atoms with Gasteiger partial charge in [0, 0.05) is 29.9 Å². The molecule has 8 heteroatoms. The summed E-state index contributed by atoms with van der Waals surface area (Å²) in [6.45, 7) is -2.59. The van der Waals surface area contributed by atoms with Crippen LogP contribution in [0.4, 0.5) is 20.2 Å². The average Bonchev–Trinajstić information content (AvgIpc) is 2.53. The van der Waals surface area contributed by atoms with Crippen LogP contribution in [0.15, 0.2) is 42.5 Å². The first-order valence-electron chi connectivity index (χ1n) is 6.59. The highest BCUT2D eigenvalue weighted by molar-refractivity contribution is 5.49. The first-order valence-corrected chi connectivity index (χ1v) is 6.59. The van der Waals surface area contributed by atoms with Crippen molar-refractivity contribution in [3.05, 3.63) is 58.1 Å². The molecular weight excluding hydrogens is 310 g/mol. The number of ether oxygens (including phenoxy) is 2. The van der Waals surface area contributed by atoms with Crippen molar-refractivity contribution in [3.63, 3.8) is 0 Å². The molecule has 0 unspecified atom stereocenters. The predicted molar refractivity (Wildman–Crippen MR) is 80.0 cm³/mol. The van der Waals surface area contributed by atoms with Crippen LogP contribution >= 0.6 is 0 Å². The maximum Gasteiger partial charge on any atom is 0.387 e. The number of anilines is 1. The summed E-state index contributed by atoms with van der Waals surface area (Å²) in [5, 5.41) is 13.9. The minimum atomic E-state index is -2.87. The molecule has 0 saturated carbocycles. The molecular formula is C15H14F2N2O4. The fourth-order valence-corrected chi connectivity index (χ4v) is 1.97. The van der Waals surface area contributed by atoms with Crippen LogP contribution in [0.1, 0.15) is 5.56 Å². The summed E-state index contributed by atoms with van der Waals surface area (Å²) in [6.07, 6.45) is 0. The van der Waals surface area contributed by atoms with Crippen LogP contribution in [0.3, 0.4) is 0 Å². The lowest BCUT2D eigenvalue weighted by atomic mass is 10.1. The summed E-state index contributed by atoms with van der Waals surface area (Å²) in [5.41, 5.74) is 1.22. The van der Waals surface area contributed by atoms with Gasteiger partial charge < -0.3 is 14.8 Å². The number of nitrogens with one attached hydrogen (secondary N) is 1. The second-order valence-corrected chi connectivity index (χ2v) is 4.51. The molecule has 0 fully saturated rings. The first kappa shape index (κ1) is 16.5. The van der Waals surface area contributed by atoms with Gasteiger partial charge in [0.1, 0.15) is 11.5 Å². The summed E-state index contributed by atoms with van der Waals surface area (Å²) in [6, 6.07) is 10.2. The first-order chi connectivity index (χ1) is 11.0. The molecule has 0 amide bonds. The average molecular weight is 324 g/mol. The Morgan fingerprint density at radius 2 is 1.91 bits per heavy atom. The van der Waals surface area contributed by atoms with E-state index in [0.29, 0.717) is 17.0 Å². The lowest BCUT2D eigenvalue weighted by molar-refractivity contribution is -0.384. The summed E-state index contributed by atoms with van der Waals surface area (Å²) < 4.78 is 33.6. The Balaban J connectivity index is 2.07. The molecule has 0 radical (unpaired) electrons. The van der Waals surface area contributed by atoms with Crippen molar-refractivity contribution in [1.29, 1.82) is 0 Å². The SMILES string of the molecule is COc1ccc([N+](=O)[O-])cc1CNc1ccc(OC(F)F)cc1. The fourth-order valence-electron chi connectivity index (χ4n) is 1.97. The summed E-state index contributed by atoms with van der Waals surface area (Å²) >= 11 is 0. The lowest BCUT2D eigenvalue weighted by Gasteiger charge is -2.11. The van der Waals surface area contributed by atoms with E-state index in [2.05, 4.69) is 10.1 Å². The molecule has 0 heterocycles. The van der Waals surface area contributed by atoms with Crippen LogP contribution in [-0.4, -0.2) is 18.6 Å². The Morgan fingerprint density at radius 3 is 2.48 bits per heavy atom. The van der Waals surface area contributed by atoms with E-state index < -0.39 is 11.5 Å². The Morgan fingerprint density at radius 1 is 1.22 bits per heavy atom. The van der Waals surface area contributed by atoms with E-state index >= 15 is 0 Å². The molecule has 23 heavy (non-hydrogen) atoms. The zero-order valence-electron chi connectivity index (χ0n) is 12.2. The third-order valence-corrected chi connectivity index (χ3v) is 3.04. The molecule has 1 N–H and O–H groups in total. The Hall–Kier alpha value is -2.90. The number of methoxy groups -OCH3 is 1. The van der Waals surface area contributed by atoms with Crippen LogP contribution in [-0.2, 0) is 6.54 Å². The molecule has 122 valence electrons. The van der Waals surface area contributed by atoms with Gasteiger partial charge in [-0.15, -0.1) is 0 Å². The molecule has 2 aromatic rings. The number of hydrogen-bond donors (Lipinski definition) is 1. The van der Waals surface area contributed by atoms with Crippen molar-refractivity contribution in [2.24, 2.45) is 0 Å². The number of nitro benzene ring substituents is 1. The van der Waals surface area contributed by atoms with Crippen LogP contribution in [0.2, 0.25) is 0 Å². The normalized spacial score (nSPS) is 10.4. The molecule has 0 atom stereocenters. The van der Waals surface area contributed by atoms with Crippen molar-refractivity contribution in [1.82, 2.24) is 0 Å². The summed E-state index contributed by atoms with van der Waals surface area (Å²) in [4.78, 5) is 10.3. The van der Waals surface area contributed by atoms with Crippen molar-refractivity contribution in [2.45, 2.75) is 13.2 Å². The van der Waals surface area contributed by atoms with Crippen molar-refractivity contribution >= 4 is 11.4 Å². The molecule has 0 aliphatic rings. The third kappa shape index (κ3) is 4.53. The van der Waals surface area contributed by atoms with E-state index in [-0.39, 0.29) is 18.0 Å². The van der Waals surface area contributed by atoms with Gasteiger partial charge >= 0.3 is 6.61 Å². The van der Waals surface area contributed by atoms with Crippen LogP contribution < -0.4 is 14.8 Å². The minimum Gasteiger partial charge on any atom is -0.496 e. The number of alkyl halides is 2. The molecule has 2 aromatic carbocycles. The molecule has 2 rings (SSSR count). The van der Waals surface area contributed by atoms with Gasteiger partial charge in [-0.1, -0.05) is 0 Å². The van der Waals surface area contributed by atoms with Gasteiger partial charge in [0.15, 0.2) is 0 Å². The second kappa shape index (κ2) is 7.39. The minimum absolute atomic E-state index is 0.0386. The van der Waals surface area contributed by atoms with Crippen LogP contribution in [0.25, 0.3) is 0 Å². The standard InChI is InChI=1S/C15H14F2N2O4/c1-22-14-7-4-12(19(20)21)8-10(14)9-18-11-2-5-13(6-3-11)23-15(16)17/h2-8,15,18H,9H2,1H3. The largest absolute Gasteiger partial charge is 0.496 e. The molecule has 0 aliphatic heterocycles. The maximum absolute atomic E-state index is 12.1. The summed E-state index contributed by atoms with van der Waals surface area (Å²) in [5.74, 6) is 0.569. The van der Waals surface area contributed by atoms with E-state index in [1.165, 1.54) is 37.4 Å². The summed E-state index contributed by atoms with van der Waals surface area (Å²) in [7, 11) is 1.47. The number of halogens is 2. The smallest absolute Gasteiger partial charge is 0.387 e. The number of nitrogens with zero attached hydrogens (tertiary/aromatic N) is 1. The van der Waals surface area contributed by atoms with Crippen LogP contribution in [0, 0.1) is 10.1 Å². The van der Waals surface area contributed by atoms with E-state index in [0.717, 1.165) is 0 Å². The van der Waals surface area contributed by atoms with Crippen molar-refractivity contribution in [2.75, 3.05) is 12.4 Å². The maximum atomic E-state index is 12.1.